The van der Waals surface area contributed by atoms with Crippen molar-refractivity contribution in [2.45, 2.75) is 50.7 Å². The van der Waals surface area contributed by atoms with Crippen LogP contribution in [0.5, 0.6) is 0 Å². The minimum absolute atomic E-state index is 0.159. The van der Waals surface area contributed by atoms with Gasteiger partial charge in [0.05, 0.1) is 0 Å². The van der Waals surface area contributed by atoms with E-state index in [4.69, 9.17) is 5.11 Å². The summed E-state index contributed by atoms with van der Waals surface area (Å²) in [4.78, 5) is 12.6. The Balaban J connectivity index is 2.05. The number of fused-ring (bicyclic) bond motifs is 1. The number of hydrogen-bond acceptors (Lipinski definition) is 2. The van der Waals surface area contributed by atoms with Crippen molar-refractivity contribution < 1.29 is 23.1 Å². The first-order chi connectivity index (χ1) is 8.89. The van der Waals surface area contributed by atoms with E-state index in [0.29, 0.717) is 12.5 Å². The standard InChI is InChI=1S/C13H20F3NO2/c14-13(15,16)10(12(18)19)8-17-7-3-5-9-4-1-2-6-11(9)17/h9-11H,1-8H2,(H,18,19). The zero-order valence-electron chi connectivity index (χ0n) is 10.8. The van der Waals surface area contributed by atoms with Crippen LogP contribution in [0.1, 0.15) is 38.5 Å². The van der Waals surface area contributed by atoms with Crippen molar-refractivity contribution in [3.8, 4) is 0 Å². The minimum Gasteiger partial charge on any atom is -0.481 e. The molecule has 19 heavy (non-hydrogen) atoms. The van der Waals surface area contributed by atoms with Crippen LogP contribution in [0, 0.1) is 11.8 Å². The number of piperidine rings is 1. The third-order valence-corrected chi connectivity index (χ3v) is 4.47. The summed E-state index contributed by atoms with van der Waals surface area (Å²) < 4.78 is 38.2. The van der Waals surface area contributed by atoms with Gasteiger partial charge >= 0.3 is 12.1 Å². The SMILES string of the molecule is O=C(O)C(CN1CCCC2CCCCC21)C(F)(F)F. The predicted molar refractivity (Wildman–Crippen MR) is 63.7 cm³/mol. The number of likely N-dealkylation sites (tertiary alicyclic amines) is 1. The number of aliphatic carboxylic acids is 1. The van der Waals surface area contributed by atoms with E-state index in [1.807, 2.05) is 0 Å². The van der Waals surface area contributed by atoms with Crippen LogP contribution in [0.4, 0.5) is 13.2 Å². The number of carboxylic acid groups (broad SMARTS) is 1. The monoisotopic (exact) mass is 279 g/mol. The van der Waals surface area contributed by atoms with Gasteiger partial charge in [-0.25, -0.2) is 0 Å². The fraction of sp³-hybridized carbons (Fsp3) is 0.923. The van der Waals surface area contributed by atoms with Gasteiger partial charge in [-0.15, -0.1) is 0 Å². The van der Waals surface area contributed by atoms with E-state index in [0.717, 1.165) is 38.5 Å². The Labute approximate surface area is 110 Å². The van der Waals surface area contributed by atoms with Gasteiger partial charge in [-0.2, -0.15) is 13.2 Å². The average molecular weight is 279 g/mol. The molecule has 0 bridgehead atoms. The van der Waals surface area contributed by atoms with E-state index in [-0.39, 0.29) is 12.6 Å². The number of rotatable bonds is 3. The number of nitrogens with zero attached hydrogens (tertiary/aromatic N) is 1. The second-order valence-corrected chi connectivity index (χ2v) is 5.68. The van der Waals surface area contributed by atoms with Crippen LogP contribution < -0.4 is 0 Å². The Hall–Kier alpha value is -0.780. The summed E-state index contributed by atoms with van der Waals surface area (Å²) in [5.74, 6) is -3.55. The van der Waals surface area contributed by atoms with Gasteiger partial charge in [-0.1, -0.05) is 12.8 Å². The third kappa shape index (κ3) is 3.41. The molecule has 0 radical (unpaired) electrons. The maximum atomic E-state index is 12.7. The summed E-state index contributed by atoms with van der Waals surface area (Å²) >= 11 is 0. The van der Waals surface area contributed by atoms with Crippen LogP contribution in [0.3, 0.4) is 0 Å². The van der Waals surface area contributed by atoms with Gasteiger partial charge in [0.15, 0.2) is 5.92 Å². The first kappa shape index (κ1) is 14.6. The molecule has 2 rings (SSSR count). The van der Waals surface area contributed by atoms with Crippen molar-refractivity contribution >= 4 is 5.97 Å². The maximum absolute atomic E-state index is 12.7. The van der Waals surface area contributed by atoms with Crippen LogP contribution in [-0.4, -0.2) is 41.3 Å². The Morgan fingerprint density at radius 3 is 2.47 bits per heavy atom. The summed E-state index contributed by atoms with van der Waals surface area (Å²) in [6.45, 7) is 0.209. The largest absolute Gasteiger partial charge is 0.481 e. The second-order valence-electron chi connectivity index (χ2n) is 5.68. The molecule has 1 saturated heterocycles. The molecule has 0 aromatic carbocycles. The Bertz CT molecular complexity index is 330. The molecule has 0 spiro atoms. The molecule has 0 aromatic rings. The summed E-state index contributed by atoms with van der Waals surface area (Å²) in [5, 5.41) is 8.79. The fourth-order valence-electron chi connectivity index (χ4n) is 3.51. The zero-order valence-corrected chi connectivity index (χ0v) is 10.8. The molecular formula is C13H20F3NO2. The molecule has 0 amide bonds. The van der Waals surface area contributed by atoms with Crippen molar-refractivity contribution in [3.05, 3.63) is 0 Å². The second kappa shape index (κ2) is 5.69. The van der Waals surface area contributed by atoms with E-state index < -0.39 is 18.1 Å². The van der Waals surface area contributed by atoms with Gasteiger partial charge < -0.3 is 5.11 Å². The minimum atomic E-state index is -4.66. The van der Waals surface area contributed by atoms with Gasteiger partial charge in [-0.3, -0.25) is 9.69 Å². The molecule has 2 fully saturated rings. The lowest BCUT2D eigenvalue weighted by molar-refractivity contribution is -0.198. The highest BCUT2D eigenvalue weighted by atomic mass is 19.4. The molecule has 3 nitrogen and oxygen atoms in total. The number of carbonyl (C=O) groups is 1. The molecule has 1 N–H and O–H groups in total. The highest BCUT2D eigenvalue weighted by molar-refractivity contribution is 5.71. The van der Waals surface area contributed by atoms with Gasteiger partial charge in [-0.05, 0) is 38.1 Å². The van der Waals surface area contributed by atoms with Crippen molar-refractivity contribution in [2.75, 3.05) is 13.1 Å². The van der Waals surface area contributed by atoms with Gasteiger partial charge in [0.25, 0.3) is 0 Å². The lowest BCUT2D eigenvalue weighted by atomic mass is 9.78. The molecule has 1 aliphatic heterocycles. The summed E-state index contributed by atoms with van der Waals surface area (Å²) in [5.41, 5.74) is 0. The van der Waals surface area contributed by atoms with Crippen LogP contribution >= 0.6 is 0 Å². The van der Waals surface area contributed by atoms with Crippen LogP contribution in [0.2, 0.25) is 0 Å². The highest BCUT2D eigenvalue weighted by Crippen LogP contribution is 2.37. The van der Waals surface area contributed by atoms with Gasteiger partial charge in [0, 0.05) is 12.6 Å². The molecule has 1 saturated carbocycles. The first-order valence-electron chi connectivity index (χ1n) is 6.93. The molecule has 2 aliphatic rings. The van der Waals surface area contributed by atoms with Crippen molar-refractivity contribution in [3.63, 3.8) is 0 Å². The normalized spacial score (nSPS) is 30.7. The summed E-state index contributed by atoms with van der Waals surface area (Å²) in [6, 6.07) is 0.159. The molecule has 3 unspecified atom stereocenters. The molecular weight excluding hydrogens is 259 g/mol. The zero-order chi connectivity index (χ0) is 14.0. The van der Waals surface area contributed by atoms with Crippen LogP contribution in [0.15, 0.2) is 0 Å². The number of carboxylic acids is 1. The molecule has 3 atom stereocenters. The van der Waals surface area contributed by atoms with E-state index in [1.165, 1.54) is 0 Å². The molecule has 1 heterocycles. The van der Waals surface area contributed by atoms with Crippen molar-refractivity contribution in [1.82, 2.24) is 4.90 Å². The lowest BCUT2D eigenvalue weighted by Gasteiger charge is -2.45. The van der Waals surface area contributed by atoms with Crippen molar-refractivity contribution in [1.29, 1.82) is 0 Å². The lowest BCUT2D eigenvalue weighted by Crippen LogP contribution is -2.51. The van der Waals surface area contributed by atoms with E-state index in [2.05, 4.69) is 0 Å². The molecule has 110 valence electrons. The highest BCUT2D eigenvalue weighted by Gasteiger charge is 2.47. The van der Waals surface area contributed by atoms with Crippen LogP contribution in [0.25, 0.3) is 0 Å². The van der Waals surface area contributed by atoms with Crippen molar-refractivity contribution in [2.24, 2.45) is 11.8 Å². The van der Waals surface area contributed by atoms with E-state index in [1.54, 1.807) is 4.90 Å². The Kier molecular flexibility index (Phi) is 4.38. The molecule has 1 aliphatic carbocycles. The number of alkyl halides is 3. The molecule has 6 heteroatoms. The Morgan fingerprint density at radius 2 is 1.84 bits per heavy atom. The van der Waals surface area contributed by atoms with Crippen LogP contribution in [-0.2, 0) is 4.79 Å². The summed E-state index contributed by atoms with van der Waals surface area (Å²) in [6.07, 6.45) is 1.47. The summed E-state index contributed by atoms with van der Waals surface area (Å²) in [7, 11) is 0. The van der Waals surface area contributed by atoms with Gasteiger partial charge in [0.1, 0.15) is 0 Å². The number of halogens is 3. The maximum Gasteiger partial charge on any atom is 0.403 e. The predicted octanol–water partition coefficient (Wildman–Crippen LogP) is 2.90. The van der Waals surface area contributed by atoms with E-state index >= 15 is 0 Å². The topological polar surface area (TPSA) is 40.5 Å². The fourth-order valence-corrected chi connectivity index (χ4v) is 3.51. The average Bonchev–Trinajstić information content (AvgIpc) is 2.34. The quantitative estimate of drug-likeness (QED) is 0.863. The first-order valence-corrected chi connectivity index (χ1v) is 6.93. The Morgan fingerprint density at radius 1 is 1.21 bits per heavy atom. The third-order valence-electron chi connectivity index (χ3n) is 4.47. The molecule has 0 aromatic heterocycles. The number of hydrogen-bond donors (Lipinski definition) is 1. The van der Waals surface area contributed by atoms with Gasteiger partial charge in [0.2, 0.25) is 0 Å². The van der Waals surface area contributed by atoms with E-state index in [9.17, 15) is 18.0 Å². The smallest absolute Gasteiger partial charge is 0.403 e.